The maximum atomic E-state index is 15.0. The van der Waals surface area contributed by atoms with Gasteiger partial charge in [-0.15, -0.1) is 0 Å². The molecule has 1 aliphatic rings. The molecule has 0 spiro atoms. The molecule has 250 valence electrons. The minimum absolute atomic E-state index is 0.251. The normalized spacial score (nSPS) is 14.2. The zero-order chi connectivity index (χ0) is 34.1. The van der Waals surface area contributed by atoms with Crippen LogP contribution in [-0.4, -0.2) is 54.5 Å². The summed E-state index contributed by atoms with van der Waals surface area (Å²) in [6.07, 6.45) is 2.17. The Kier molecular flexibility index (Phi) is 11.7. The first-order chi connectivity index (χ1) is 24.0. The molecule has 49 heavy (non-hydrogen) atoms. The van der Waals surface area contributed by atoms with Gasteiger partial charge in [-0.25, -0.2) is 0 Å². The van der Waals surface area contributed by atoms with Gasteiger partial charge in [0.05, 0.1) is 19.4 Å². The van der Waals surface area contributed by atoms with Crippen LogP contribution in [0.2, 0.25) is 5.02 Å². The Morgan fingerprint density at radius 3 is 1.80 bits per heavy atom. The number of amides is 2. The molecule has 1 unspecified atom stereocenters. The van der Waals surface area contributed by atoms with Crippen molar-refractivity contribution < 1.29 is 14.3 Å². The number of benzene rings is 5. The van der Waals surface area contributed by atoms with E-state index in [4.69, 9.17) is 16.3 Å². The fraction of sp³-hybridized carbons (Fsp3) is 0.238. The molecule has 0 N–H and O–H groups in total. The van der Waals surface area contributed by atoms with E-state index in [1.807, 2.05) is 60.7 Å². The van der Waals surface area contributed by atoms with Crippen molar-refractivity contribution in [1.29, 1.82) is 0 Å². The van der Waals surface area contributed by atoms with Gasteiger partial charge in [0.2, 0.25) is 0 Å². The van der Waals surface area contributed by atoms with Crippen LogP contribution in [0.4, 0.5) is 0 Å². The van der Waals surface area contributed by atoms with Crippen molar-refractivity contribution >= 4 is 46.6 Å². The lowest BCUT2D eigenvalue weighted by Crippen LogP contribution is -2.49. The molecular formula is C42H43ClN2O3P+. The molecule has 7 heteroatoms. The standard InChI is InChI=1S/C42H43ClN2O3P/c1-2-3-27-45(42(47)40(44-28-30-48-31-29-44)38-25-15-16-26-39(38)43)41(46)37-24-14-13-17-33(37)32-49(34-18-7-4-8-19-34,35-20-9-5-10-21-35)36-22-11-6-12-23-36/h4-26,40H,2-3,27-32H2,1H3/q+1. The number of imide groups is 1. The predicted octanol–water partition coefficient (Wildman–Crippen LogP) is 7.68. The largest absolute Gasteiger partial charge is 0.379 e. The SMILES string of the molecule is CCCCN(C(=O)c1ccccc1C[P+](c1ccccc1)(c1ccccc1)c1ccccc1)C(=O)C(c1ccccc1Cl)N1CCOCC1. The molecule has 5 aromatic carbocycles. The van der Waals surface area contributed by atoms with Gasteiger partial charge in [0.25, 0.3) is 11.8 Å². The maximum absolute atomic E-state index is 15.0. The van der Waals surface area contributed by atoms with Crippen molar-refractivity contribution in [3.63, 3.8) is 0 Å². The van der Waals surface area contributed by atoms with E-state index >= 15 is 0 Å². The average molecular weight is 690 g/mol. The fourth-order valence-corrected chi connectivity index (χ4v) is 11.3. The summed E-state index contributed by atoms with van der Waals surface area (Å²) >= 11 is 6.75. The number of carbonyl (C=O) groups excluding carboxylic acids is 2. The van der Waals surface area contributed by atoms with Gasteiger partial charge in [0.15, 0.2) is 0 Å². The summed E-state index contributed by atoms with van der Waals surface area (Å²) < 4.78 is 5.65. The molecule has 0 bridgehead atoms. The lowest BCUT2D eigenvalue weighted by Gasteiger charge is -2.37. The van der Waals surface area contributed by atoms with Crippen LogP contribution in [0.3, 0.4) is 0 Å². The maximum Gasteiger partial charge on any atom is 0.260 e. The molecule has 2 amide bonds. The highest BCUT2D eigenvalue weighted by Gasteiger charge is 2.46. The van der Waals surface area contributed by atoms with E-state index in [9.17, 15) is 9.59 Å². The molecule has 1 saturated heterocycles. The molecule has 5 aromatic rings. The summed E-state index contributed by atoms with van der Waals surface area (Å²) in [4.78, 5) is 33.4. The fourth-order valence-electron chi connectivity index (χ4n) is 6.83. The molecule has 1 aliphatic heterocycles. The van der Waals surface area contributed by atoms with Crippen molar-refractivity contribution in [3.05, 3.63) is 161 Å². The van der Waals surface area contributed by atoms with Gasteiger partial charge in [0.1, 0.15) is 29.2 Å². The van der Waals surface area contributed by atoms with E-state index in [1.165, 1.54) is 20.8 Å². The minimum Gasteiger partial charge on any atom is -0.379 e. The number of carbonyl (C=O) groups is 2. The Bertz CT molecular complexity index is 1730. The van der Waals surface area contributed by atoms with Crippen molar-refractivity contribution in [2.24, 2.45) is 0 Å². The molecule has 0 aromatic heterocycles. The zero-order valence-electron chi connectivity index (χ0n) is 28.0. The Labute approximate surface area is 295 Å². The summed E-state index contributed by atoms with van der Waals surface area (Å²) in [6, 6.07) is 46.6. The highest BCUT2D eigenvalue weighted by Crippen LogP contribution is 2.58. The number of unbranched alkanes of at least 4 members (excludes halogenated alkanes) is 1. The van der Waals surface area contributed by atoms with Crippen molar-refractivity contribution in [2.75, 3.05) is 32.8 Å². The third-order valence-electron chi connectivity index (χ3n) is 9.34. The van der Waals surface area contributed by atoms with Crippen LogP contribution in [0.15, 0.2) is 140 Å². The number of ether oxygens (including phenoxy) is 1. The Morgan fingerprint density at radius 2 is 1.24 bits per heavy atom. The molecule has 0 saturated carbocycles. The smallest absolute Gasteiger partial charge is 0.260 e. The zero-order valence-corrected chi connectivity index (χ0v) is 29.6. The first-order valence-corrected chi connectivity index (χ1v) is 19.4. The third kappa shape index (κ3) is 7.56. The predicted molar refractivity (Wildman–Crippen MR) is 203 cm³/mol. The van der Waals surface area contributed by atoms with Crippen molar-refractivity contribution in [1.82, 2.24) is 9.80 Å². The van der Waals surface area contributed by atoms with Crippen LogP contribution in [0.1, 0.15) is 47.3 Å². The molecule has 6 rings (SSSR count). The highest BCUT2D eigenvalue weighted by molar-refractivity contribution is 7.95. The molecule has 5 nitrogen and oxygen atoms in total. The monoisotopic (exact) mass is 689 g/mol. The van der Waals surface area contributed by atoms with Crippen LogP contribution in [0.25, 0.3) is 0 Å². The van der Waals surface area contributed by atoms with Gasteiger partial charge < -0.3 is 4.74 Å². The molecule has 1 fully saturated rings. The molecule has 0 aliphatic carbocycles. The Hall–Kier alpha value is -4.12. The van der Waals surface area contributed by atoms with E-state index in [2.05, 4.69) is 90.7 Å². The molecular weight excluding hydrogens is 647 g/mol. The number of nitrogens with zero attached hydrogens (tertiary/aromatic N) is 2. The summed E-state index contributed by atoms with van der Waals surface area (Å²) in [5.41, 5.74) is 2.19. The van der Waals surface area contributed by atoms with Gasteiger partial charge in [-0.2, -0.15) is 0 Å². The highest BCUT2D eigenvalue weighted by atomic mass is 35.5. The van der Waals surface area contributed by atoms with Crippen LogP contribution < -0.4 is 15.9 Å². The van der Waals surface area contributed by atoms with E-state index < -0.39 is 13.3 Å². The number of hydrogen-bond donors (Lipinski definition) is 0. The topological polar surface area (TPSA) is 49.9 Å². The van der Waals surface area contributed by atoms with E-state index in [0.29, 0.717) is 61.6 Å². The van der Waals surface area contributed by atoms with E-state index in [0.717, 1.165) is 12.0 Å². The van der Waals surface area contributed by atoms with Crippen LogP contribution in [-0.2, 0) is 15.7 Å². The lowest BCUT2D eigenvalue weighted by atomic mass is 10.0. The summed E-state index contributed by atoms with van der Waals surface area (Å²) in [6.45, 7) is 4.59. The number of morpholine rings is 1. The number of halogens is 1. The van der Waals surface area contributed by atoms with Gasteiger partial charge in [0, 0.05) is 35.8 Å². The second-order valence-electron chi connectivity index (χ2n) is 12.4. The lowest BCUT2D eigenvalue weighted by molar-refractivity contribution is -0.136. The van der Waals surface area contributed by atoms with Crippen LogP contribution in [0, 0.1) is 0 Å². The summed E-state index contributed by atoms with van der Waals surface area (Å²) in [7, 11) is -2.31. The van der Waals surface area contributed by atoms with Crippen molar-refractivity contribution in [2.45, 2.75) is 32.0 Å². The third-order valence-corrected chi connectivity index (χ3v) is 14.0. The van der Waals surface area contributed by atoms with Gasteiger partial charge in [-0.3, -0.25) is 19.4 Å². The van der Waals surface area contributed by atoms with Crippen LogP contribution in [0.5, 0.6) is 0 Å². The van der Waals surface area contributed by atoms with Gasteiger partial charge >= 0.3 is 0 Å². The summed E-state index contributed by atoms with van der Waals surface area (Å²) in [5, 5.41) is 4.22. The van der Waals surface area contributed by atoms with Crippen molar-refractivity contribution in [3.8, 4) is 0 Å². The number of rotatable bonds is 12. The Balaban J connectivity index is 1.46. The second-order valence-corrected chi connectivity index (χ2v) is 16.2. The van der Waals surface area contributed by atoms with Gasteiger partial charge in [-0.05, 0) is 60.5 Å². The quantitative estimate of drug-likeness (QED) is 0.126. The second kappa shape index (κ2) is 16.5. The average Bonchev–Trinajstić information content (AvgIpc) is 3.16. The minimum atomic E-state index is -2.31. The number of hydrogen-bond acceptors (Lipinski definition) is 4. The molecule has 1 atom stereocenters. The van der Waals surface area contributed by atoms with Crippen LogP contribution >= 0.6 is 18.9 Å². The molecule has 0 radical (unpaired) electrons. The van der Waals surface area contributed by atoms with E-state index in [-0.39, 0.29) is 11.8 Å². The van der Waals surface area contributed by atoms with E-state index in [1.54, 1.807) is 0 Å². The summed E-state index contributed by atoms with van der Waals surface area (Å²) in [5.74, 6) is -0.523. The Morgan fingerprint density at radius 1 is 0.735 bits per heavy atom. The molecule has 1 heterocycles. The first kappa shape index (κ1) is 34.7. The first-order valence-electron chi connectivity index (χ1n) is 17.1. The van der Waals surface area contributed by atoms with Gasteiger partial charge in [-0.1, -0.05) is 116 Å².